The summed E-state index contributed by atoms with van der Waals surface area (Å²) >= 11 is 1.60. The summed E-state index contributed by atoms with van der Waals surface area (Å²) in [6.45, 7) is 5.39. The number of fused-ring (bicyclic) bond motifs is 1. The standard InChI is InChI=1S/C22H22FN5OS/c23-19-4-2-1-3-17(19)18-13-16(15-28-8-6-24-21(18)28)20-14-26-22(30-20)25-5-7-27-9-11-29-12-10-27/h1-4,6,8,13-15H,5,7,9-12H2,(H,25,26). The topological polar surface area (TPSA) is 54.7 Å². The van der Waals surface area contributed by atoms with E-state index in [-0.39, 0.29) is 5.82 Å². The first-order valence-corrected chi connectivity index (χ1v) is 10.8. The van der Waals surface area contributed by atoms with E-state index in [1.54, 1.807) is 29.7 Å². The summed E-state index contributed by atoms with van der Waals surface area (Å²) in [5.41, 5.74) is 3.03. The van der Waals surface area contributed by atoms with Gasteiger partial charge in [-0.3, -0.25) is 4.90 Å². The van der Waals surface area contributed by atoms with Gasteiger partial charge in [-0.25, -0.2) is 14.4 Å². The van der Waals surface area contributed by atoms with E-state index in [9.17, 15) is 4.39 Å². The zero-order valence-electron chi connectivity index (χ0n) is 16.4. The number of benzene rings is 1. The van der Waals surface area contributed by atoms with Gasteiger partial charge in [-0.1, -0.05) is 29.5 Å². The second-order valence-corrected chi connectivity index (χ2v) is 8.22. The van der Waals surface area contributed by atoms with Gasteiger partial charge in [0.05, 0.1) is 18.1 Å². The van der Waals surface area contributed by atoms with Gasteiger partial charge in [-0.2, -0.15) is 0 Å². The van der Waals surface area contributed by atoms with E-state index >= 15 is 0 Å². The number of morpholine rings is 1. The Hall–Kier alpha value is -2.81. The summed E-state index contributed by atoms with van der Waals surface area (Å²) < 4.78 is 21.8. The SMILES string of the molecule is Fc1ccccc1-c1cc(-c2cnc(NCCN3CCOCC3)s2)cn2ccnc12. The molecule has 1 aliphatic rings. The van der Waals surface area contributed by atoms with Gasteiger partial charge in [-0.05, 0) is 12.1 Å². The molecule has 1 N–H and O–H groups in total. The highest BCUT2D eigenvalue weighted by Gasteiger charge is 2.14. The van der Waals surface area contributed by atoms with Crippen LogP contribution in [0.1, 0.15) is 0 Å². The largest absolute Gasteiger partial charge is 0.379 e. The van der Waals surface area contributed by atoms with Crippen LogP contribution >= 0.6 is 11.3 Å². The van der Waals surface area contributed by atoms with Crippen molar-refractivity contribution in [3.05, 3.63) is 60.9 Å². The Morgan fingerprint density at radius 1 is 1.13 bits per heavy atom. The van der Waals surface area contributed by atoms with Crippen LogP contribution in [-0.2, 0) is 4.74 Å². The van der Waals surface area contributed by atoms with Crippen LogP contribution in [0.15, 0.2) is 55.1 Å². The molecule has 154 valence electrons. The predicted molar refractivity (Wildman–Crippen MR) is 117 cm³/mol. The highest BCUT2D eigenvalue weighted by atomic mass is 32.1. The molecule has 0 unspecified atom stereocenters. The summed E-state index contributed by atoms with van der Waals surface area (Å²) in [5.74, 6) is -0.255. The van der Waals surface area contributed by atoms with Crippen LogP contribution in [0.4, 0.5) is 9.52 Å². The number of anilines is 1. The number of hydrogen-bond donors (Lipinski definition) is 1. The minimum absolute atomic E-state index is 0.255. The van der Waals surface area contributed by atoms with Crippen LogP contribution in [0.3, 0.4) is 0 Å². The van der Waals surface area contributed by atoms with Crippen molar-refractivity contribution in [2.75, 3.05) is 44.7 Å². The van der Waals surface area contributed by atoms with Gasteiger partial charge in [0.2, 0.25) is 0 Å². The van der Waals surface area contributed by atoms with Gasteiger partial charge < -0.3 is 14.5 Å². The first kappa shape index (κ1) is 19.2. The first-order chi connectivity index (χ1) is 14.8. The number of rotatable bonds is 6. The molecule has 0 amide bonds. The van der Waals surface area contributed by atoms with Crippen LogP contribution in [0.2, 0.25) is 0 Å². The van der Waals surface area contributed by atoms with Crippen molar-refractivity contribution in [2.24, 2.45) is 0 Å². The molecule has 5 rings (SSSR count). The number of imidazole rings is 1. The van der Waals surface area contributed by atoms with Gasteiger partial charge in [0.1, 0.15) is 11.5 Å². The molecule has 30 heavy (non-hydrogen) atoms. The van der Waals surface area contributed by atoms with Gasteiger partial charge >= 0.3 is 0 Å². The average molecular weight is 424 g/mol. The van der Waals surface area contributed by atoms with Crippen LogP contribution in [-0.4, -0.2) is 58.7 Å². The number of nitrogens with zero attached hydrogens (tertiary/aromatic N) is 4. The van der Waals surface area contributed by atoms with E-state index in [2.05, 4.69) is 20.2 Å². The van der Waals surface area contributed by atoms with Crippen LogP contribution in [0.25, 0.3) is 27.2 Å². The molecule has 1 saturated heterocycles. The van der Waals surface area contributed by atoms with Gasteiger partial charge in [0, 0.05) is 67.7 Å². The Morgan fingerprint density at radius 2 is 2.00 bits per heavy atom. The van der Waals surface area contributed by atoms with E-state index < -0.39 is 0 Å². The molecule has 0 aliphatic carbocycles. The fourth-order valence-corrected chi connectivity index (χ4v) is 4.50. The molecule has 1 aliphatic heterocycles. The second-order valence-electron chi connectivity index (χ2n) is 7.19. The van der Waals surface area contributed by atoms with Crippen molar-refractivity contribution in [2.45, 2.75) is 0 Å². The van der Waals surface area contributed by atoms with Crippen molar-refractivity contribution in [1.82, 2.24) is 19.3 Å². The minimum Gasteiger partial charge on any atom is -0.379 e. The van der Waals surface area contributed by atoms with E-state index in [0.29, 0.717) is 5.56 Å². The predicted octanol–water partition coefficient (Wildman–Crippen LogP) is 4.01. The van der Waals surface area contributed by atoms with Gasteiger partial charge in [0.15, 0.2) is 5.13 Å². The van der Waals surface area contributed by atoms with E-state index in [0.717, 1.165) is 66.2 Å². The van der Waals surface area contributed by atoms with Crippen LogP contribution < -0.4 is 5.32 Å². The maximum absolute atomic E-state index is 14.5. The van der Waals surface area contributed by atoms with E-state index in [4.69, 9.17) is 4.74 Å². The Bertz CT molecular complexity index is 1150. The molecule has 4 aromatic rings. The molecular formula is C22H22FN5OS. The monoisotopic (exact) mass is 423 g/mol. The maximum atomic E-state index is 14.5. The Balaban J connectivity index is 1.38. The van der Waals surface area contributed by atoms with Gasteiger partial charge in [-0.15, -0.1) is 0 Å². The third kappa shape index (κ3) is 3.94. The number of halogens is 1. The lowest BCUT2D eigenvalue weighted by Crippen LogP contribution is -2.38. The van der Waals surface area contributed by atoms with Crippen molar-refractivity contribution in [3.63, 3.8) is 0 Å². The van der Waals surface area contributed by atoms with Crippen molar-refractivity contribution >= 4 is 22.1 Å². The smallest absolute Gasteiger partial charge is 0.183 e. The number of hydrogen-bond acceptors (Lipinski definition) is 6. The van der Waals surface area contributed by atoms with Crippen molar-refractivity contribution in [3.8, 4) is 21.6 Å². The van der Waals surface area contributed by atoms with Gasteiger partial charge in [0.25, 0.3) is 0 Å². The second kappa shape index (κ2) is 8.51. The van der Waals surface area contributed by atoms with E-state index in [1.165, 1.54) is 6.07 Å². The fourth-order valence-electron chi connectivity index (χ4n) is 3.68. The minimum atomic E-state index is -0.255. The van der Waals surface area contributed by atoms with Crippen LogP contribution in [0, 0.1) is 5.82 Å². The van der Waals surface area contributed by atoms with E-state index in [1.807, 2.05) is 35.1 Å². The van der Waals surface area contributed by atoms with Crippen molar-refractivity contribution in [1.29, 1.82) is 0 Å². The average Bonchev–Trinajstić information content (AvgIpc) is 3.44. The number of ether oxygens (including phenoxy) is 1. The number of pyridine rings is 1. The highest BCUT2D eigenvalue weighted by molar-refractivity contribution is 7.18. The lowest BCUT2D eigenvalue weighted by Gasteiger charge is -2.26. The molecule has 0 radical (unpaired) electrons. The normalized spacial score (nSPS) is 15.0. The molecule has 1 fully saturated rings. The zero-order valence-corrected chi connectivity index (χ0v) is 17.2. The molecule has 0 atom stereocenters. The Labute approximate surface area is 178 Å². The van der Waals surface area contributed by atoms with Crippen LogP contribution in [0.5, 0.6) is 0 Å². The lowest BCUT2D eigenvalue weighted by atomic mass is 10.0. The molecule has 0 saturated carbocycles. The lowest BCUT2D eigenvalue weighted by molar-refractivity contribution is 0.0398. The first-order valence-electron chi connectivity index (χ1n) is 10.00. The summed E-state index contributed by atoms with van der Waals surface area (Å²) in [4.78, 5) is 12.4. The molecule has 0 spiro atoms. The Kier molecular flexibility index (Phi) is 5.44. The summed E-state index contributed by atoms with van der Waals surface area (Å²) in [7, 11) is 0. The Morgan fingerprint density at radius 3 is 2.87 bits per heavy atom. The highest BCUT2D eigenvalue weighted by Crippen LogP contribution is 2.34. The molecule has 0 bridgehead atoms. The number of thiazole rings is 1. The summed E-state index contributed by atoms with van der Waals surface area (Å²) in [5, 5.41) is 4.30. The third-order valence-corrected chi connectivity index (χ3v) is 6.25. The maximum Gasteiger partial charge on any atom is 0.183 e. The molecule has 1 aromatic carbocycles. The molecule has 8 heteroatoms. The summed E-state index contributed by atoms with van der Waals surface area (Å²) in [6.07, 6.45) is 7.49. The fraction of sp³-hybridized carbons (Fsp3) is 0.273. The number of aromatic nitrogens is 3. The summed E-state index contributed by atoms with van der Waals surface area (Å²) in [6, 6.07) is 8.79. The van der Waals surface area contributed by atoms with Crippen molar-refractivity contribution < 1.29 is 9.13 Å². The molecule has 3 aromatic heterocycles. The molecule has 6 nitrogen and oxygen atoms in total. The zero-order chi connectivity index (χ0) is 20.3. The quantitative estimate of drug-likeness (QED) is 0.508. The number of nitrogens with one attached hydrogen (secondary N) is 1. The molecular weight excluding hydrogens is 401 g/mol. The third-order valence-electron chi connectivity index (χ3n) is 5.25. The molecule has 4 heterocycles.